The van der Waals surface area contributed by atoms with Crippen LogP contribution in [0.15, 0.2) is 47.8 Å². The number of hydrogen-bond donors (Lipinski definition) is 0. The molecular formula is C21H17N3O3S. The largest absolute Gasteiger partial charge is 0.490 e. The van der Waals surface area contributed by atoms with Crippen LogP contribution in [0, 0.1) is 21.4 Å². The molecule has 3 aromatic rings. The number of nitriles is 1. The van der Waals surface area contributed by atoms with Gasteiger partial charge < -0.3 is 4.74 Å². The van der Waals surface area contributed by atoms with E-state index in [4.69, 9.17) is 4.74 Å². The van der Waals surface area contributed by atoms with Crippen molar-refractivity contribution in [3.63, 3.8) is 0 Å². The third-order valence-electron chi connectivity index (χ3n) is 4.22. The number of hydrogen-bond acceptors (Lipinski definition) is 6. The van der Waals surface area contributed by atoms with E-state index in [-0.39, 0.29) is 11.4 Å². The molecule has 1 aromatic heterocycles. The highest BCUT2D eigenvalue weighted by Gasteiger charge is 2.15. The Morgan fingerprint density at radius 2 is 2.07 bits per heavy atom. The maximum absolute atomic E-state index is 11.2. The van der Waals surface area contributed by atoms with Gasteiger partial charge in [0.2, 0.25) is 0 Å². The molecule has 0 aliphatic heterocycles. The third-order valence-corrected chi connectivity index (χ3v) is 5.10. The minimum absolute atomic E-state index is 0.149. The van der Waals surface area contributed by atoms with Gasteiger partial charge in [-0.1, -0.05) is 37.3 Å². The summed E-state index contributed by atoms with van der Waals surface area (Å²) in [6.45, 7) is 2.10. The molecule has 7 heteroatoms. The van der Waals surface area contributed by atoms with E-state index in [1.54, 1.807) is 12.1 Å². The summed E-state index contributed by atoms with van der Waals surface area (Å²) in [5, 5.41) is 23.2. The van der Waals surface area contributed by atoms with Gasteiger partial charge in [0, 0.05) is 17.0 Å². The van der Waals surface area contributed by atoms with Crippen LogP contribution in [0.3, 0.4) is 0 Å². The van der Waals surface area contributed by atoms with Gasteiger partial charge in [0.1, 0.15) is 11.1 Å². The molecule has 2 aromatic carbocycles. The first kappa shape index (κ1) is 19.3. The minimum Gasteiger partial charge on any atom is -0.490 e. The summed E-state index contributed by atoms with van der Waals surface area (Å²) in [4.78, 5) is 15.2. The predicted molar refractivity (Wildman–Crippen MR) is 110 cm³/mol. The number of ether oxygens (including phenoxy) is 1. The third kappa shape index (κ3) is 4.08. The Kier molecular flexibility index (Phi) is 5.82. The maximum atomic E-state index is 11.2. The van der Waals surface area contributed by atoms with Crippen LogP contribution in [-0.4, -0.2) is 17.0 Å². The van der Waals surface area contributed by atoms with Crippen molar-refractivity contribution in [2.45, 2.75) is 13.3 Å². The molecule has 0 unspecified atom stereocenters. The number of nitro groups is 1. The summed E-state index contributed by atoms with van der Waals surface area (Å²) in [7, 11) is 1.38. The average molecular weight is 391 g/mol. The first-order chi connectivity index (χ1) is 13.5. The van der Waals surface area contributed by atoms with Gasteiger partial charge in [0.25, 0.3) is 0 Å². The van der Waals surface area contributed by atoms with Crippen molar-refractivity contribution in [1.29, 1.82) is 5.26 Å². The predicted octanol–water partition coefficient (Wildman–Crippen LogP) is 5.35. The average Bonchev–Trinajstić information content (AvgIpc) is 3.21. The van der Waals surface area contributed by atoms with Crippen molar-refractivity contribution in [2.75, 3.05) is 7.11 Å². The Hall–Kier alpha value is -3.50. The lowest BCUT2D eigenvalue weighted by Gasteiger charge is -2.02. The van der Waals surface area contributed by atoms with Crippen molar-refractivity contribution in [1.82, 2.24) is 4.98 Å². The van der Waals surface area contributed by atoms with E-state index < -0.39 is 4.92 Å². The van der Waals surface area contributed by atoms with E-state index in [2.05, 4.69) is 30.1 Å². The van der Waals surface area contributed by atoms with Crippen LogP contribution >= 0.6 is 11.3 Å². The standard InChI is InChI=1S/C21H17N3O3S/c1-3-14-4-7-16(8-5-14)18-13-28-21(23-18)17(12-22)10-15-6-9-20(27-2)19(11-15)24(25)26/h4-11,13H,3H2,1-2H3. The number of nitro benzene ring substituents is 1. The van der Waals surface area contributed by atoms with Gasteiger partial charge in [-0.05, 0) is 29.7 Å². The summed E-state index contributed by atoms with van der Waals surface area (Å²) in [5.74, 6) is 0.174. The SMILES string of the molecule is CCc1ccc(-c2csc(C(C#N)=Cc3ccc(OC)c([N+](=O)[O-])c3)n2)cc1. The van der Waals surface area contributed by atoms with Crippen molar-refractivity contribution >= 4 is 28.7 Å². The van der Waals surface area contributed by atoms with Crippen molar-refractivity contribution < 1.29 is 9.66 Å². The van der Waals surface area contributed by atoms with E-state index in [0.29, 0.717) is 16.1 Å². The molecule has 0 aliphatic carbocycles. The van der Waals surface area contributed by atoms with Gasteiger partial charge in [0.05, 0.1) is 23.3 Å². The van der Waals surface area contributed by atoms with Crippen LogP contribution in [0.5, 0.6) is 5.75 Å². The second-order valence-corrected chi connectivity index (χ2v) is 6.80. The first-order valence-corrected chi connectivity index (χ1v) is 9.43. The van der Waals surface area contributed by atoms with E-state index >= 15 is 0 Å². The molecule has 3 rings (SSSR count). The molecule has 140 valence electrons. The number of aryl methyl sites for hydroxylation is 1. The molecule has 0 N–H and O–H groups in total. The Morgan fingerprint density at radius 3 is 2.68 bits per heavy atom. The molecular weight excluding hydrogens is 374 g/mol. The lowest BCUT2D eigenvalue weighted by atomic mass is 10.1. The lowest BCUT2D eigenvalue weighted by molar-refractivity contribution is -0.385. The van der Waals surface area contributed by atoms with E-state index in [0.717, 1.165) is 17.7 Å². The number of benzene rings is 2. The molecule has 0 amide bonds. The highest BCUT2D eigenvalue weighted by Crippen LogP contribution is 2.31. The molecule has 0 radical (unpaired) electrons. The van der Waals surface area contributed by atoms with Crippen LogP contribution < -0.4 is 4.74 Å². The van der Waals surface area contributed by atoms with Crippen molar-refractivity contribution in [3.8, 4) is 23.1 Å². The maximum Gasteiger partial charge on any atom is 0.311 e. The molecule has 0 atom stereocenters. The van der Waals surface area contributed by atoms with Crippen LogP contribution in [0.1, 0.15) is 23.1 Å². The van der Waals surface area contributed by atoms with Crippen LogP contribution in [0.2, 0.25) is 0 Å². The van der Waals surface area contributed by atoms with E-state index in [9.17, 15) is 15.4 Å². The minimum atomic E-state index is -0.510. The molecule has 0 saturated heterocycles. The van der Waals surface area contributed by atoms with E-state index in [1.165, 1.54) is 36.1 Å². The van der Waals surface area contributed by atoms with Crippen molar-refractivity contribution in [2.24, 2.45) is 0 Å². The van der Waals surface area contributed by atoms with Gasteiger partial charge in [-0.25, -0.2) is 4.98 Å². The second-order valence-electron chi connectivity index (χ2n) is 5.95. The van der Waals surface area contributed by atoms with Crippen LogP contribution in [0.4, 0.5) is 5.69 Å². The smallest absolute Gasteiger partial charge is 0.311 e. The van der Waals surface area contributed by atoms with Gasteiger partial charge in [-0.15, -0.1) is 11.3 Å². The Morgan fingerprint density at radius 1 is 1.32 bits per heavy atom. The fourth-order valence-electron chi connectivity index (χ4n) is 2.69. The number of methoxy groups -OCH3 is 1. The topological polar surface area (TPSA) is 89.0 Å². The number of allylic oxidation sites excluding steroid dienone is 1. The zero-order chi connectivity index (χ0) is 20.1. The molecule has 0 fully saturated rings. The van der Waals surface area contributed by atoms with Gasteiger partial charge in [-0.2, -0.15) is 5.26 Å². The summed E-state index contributed by atoms with van der Waals surface area (Å²) >= 11 is 1.36. The zero-order valence-electron chi connectivity index (χ0n) is 15.4. The molecule has 0 saturated carbocycles. The fourth-order valence-corrected chi connectivity index (χ4v) is 3.48. The van der Waals surface area contributed by atoms with E-state index in [1.807, 2.05) is 17.5 Å². The number of rotatable bonds is 6. The van der Waals surface area contributed by atoms with Crippen LogP contribution in [0.25, 0.3) is 22.9 Å². The van der Waals surface area contributed by atoms with Crippen molar-refractivity contribution in [3.05, 3.63) is 74.1 Å². The first-order valence-electron chi connectivity index (χ1n) is 8.55. The van der Waals surface area contributed by atoms with Gasteiger partial charge in [-0.3, -0.25) is 10.1 Å². The normalized spacial score (nSPS) is 11.1. The Bertz CT molecular complexity index is 1080. The lowest BCUT2D eigenvalue weighted by Crippen LogP contribution is -1.94. The monoisotopic (exact) mass is 391 g/mol. The molecule has 0 aliphatic rings. The molecule has 28 heavy (non-hydrogen) atoms. The molecule has 0 bridgehead atoms. The molecule has 0 spiro atoms. The Labute approximate surface area is 166 Å². The van der Waals surface area contributed by atoms with Gasteiger partial charge >= 0.3 is 5.69 Å². The number of nitrogens with zero attached hydrogens (tertiary/aromatic N) is 3. The summed E-state index contributed by atoms with van der Waals surface area (Å²) < 4.78 is 5.01. The summed E-state index contributed by atoms with van der Waals surface area (Å²) in [6.07, 6.45) is 2.56. The summed E-state index contributed by atoms with van der Waals surface area (Å²) in [5.41, 5.74) is 3.76. The van der Waals surface area contributed by atoms with Crippen LogP contribution in [-0.2, 0) is 6.42 Å². The quantitative estimate of drug-likeness (QED) is 0.321. The highest BCUT2D eigenvalue weighted by atomic mass is 32.1. The Balaban J connectivity index is 1.94. The molecule has 1 heterocycles. The summed E-state index contributed by atoms with van der Waals surface area (Å²) in [6, 6.07) is 14.9. The number of aromatic nitrogens is 1. The number of thiazole rings is 1. The zero-order valence-corrected chi connectivity index (χ0v) is 16.2. The second kappa shape index (κ2) is 8.46. The highest BCUT2D eigenvalue weighted by molar-refractivity contribution is 7.11. The fraction of sp³-hybridized carbons (Fsp3) is 0.143. The van der Waals surface area contributed by atoms with Gasteiger partial charge in [0.15, 0.2) is 5.75 Å². The molecule has 6 nitrogen and oxygen atoms in total.